The molecule has 5 nitrogen and oxygen atoms in total. The number of para-hydroxylation sites is 1. The highest BCUT2D eigenvalue weighted by molar-refractivity contribution is 6.39. The Bertz CT molecular complexity index is 450. The molecule has 0 spiro atoms. The quantitative estimate of drug-likeness (QED) is 0.541. The molecule has 0 saturated carbocycles. The third-order valence-corrected chi connectivity index (χ3v) is 3.06. The van der Waals surface area contributed by atoms with Gasteiger partial charge in [-0.05, 0) is 30.4 Å². The molecule has 0 atom stereocenters. The van der Waals surface area contributed by atoms with Gasteiger partial charge in [-0.25, -0.2) is 0 Å². The van der Waals surface area contributed by atoms with Crippen molar-refractivity contribution < 1.29 is 14.7 Å². The molecule has 0 aliphatic heterocycles. The number of anilines is 1. The maximum atomic E-state index is 11.9. The minimum Gasteiger partial charge on any atom is -0.396 e. The van der Waals surface area contributed by atoms with Crippen molar-refractivity contribution in [3.8, 4) is 0 Å². The number of carbonyl (C=O) groups is 2. The third-order valence-electron chi connectivity index (χ3n) is 3.06. The first-order valence-electron chi connectivity index (χ1n) is 6.94. The van der Waals surface area contributed by atoms with Gasteiger partial charge in [0.2, 0.25) is 0 Å². The summed E-state index contributed by atoms with van der Waals surface area (Å²) in [5.74, 6) is -1.34. The molecule has 0 unspecified atom stereocenters. The minimum atomic E-state index is -0.675. The van der Waals surface area contributed by atoms with Gasteiger partial charge in [0.05, 0.1) is 0 Å². The first kappa shape index (κ1) is 16.2. The van der Waals surface area contributed by atoms with E-state index in [1.807, 2.05) is 32.0 Å². The summed E-state index contributed by atoms with van der Waals surface area (Å²) in [7, 11) is 0. The predicted octanol–water partition coefficient (Wildman–Crippen LogP) is 1.25. The molecule has 0 heterocycles. The standard InChI is InChI=1S/C15H22N2O3/c1-3-11-7-5-8-12(4-2)13(11)17-15(20)14(19)16-9-6-10-18/h5,7-8,18H,3-4,6,9-10H2,1-2H3,(H,16,19)(H,17,20). The highest BCUT2D eigenvalue weighted by Gasteiger charge is 2.16. The fourth-order valence-corrected chi connectivity index (χ4v) is 1.93. The topological polar surface area (TPSA) is 78.4 Å². The molecule has 0 aliphatic rings. The molecule has 2 amide bonds. The largest absolute Gasteiger partial charge is 0.396 e. The second-order valence-electron chi connectivity index (χ2n) is 4.45. The van der Waals surface area contributed by atoms with Crippen LogP contribution in [0.2, 0.25) is 0 Å². The van der Waals surface area contributed by atoms with Gasteiger partial charge in [-0.15, -0.1) is 0 Å². The van der Waals surface area contributed by atoms with Gasteiger partial charge in [-0.2, -0.15) is 0 Å². The highest BCUT2D eigenvalue weighted by atomic mass is 16.3. The van der Waals surface area contributed by atoms with Crippen LogP contribution < -0.4 is 10.6 Å². The van der Waals surface area contributed by atoms with Gasteiger partial charge in [0.15, 0.2) is 0 Å². The van der Waals surface area contributed by atoms with Crippen LogP contribution in [0.1, 0.15) is 31.4 Å². The number of aliphatic hydroxyl groups excluding tert-OH is 1. The number of nitrogens with one attached hydrogen (secondary N) is 2. The van der Waals surface area contributed by atoms with Crippen LogP contribution in [-0.4, -0.2) is 30.1 Å². The Morgan fingerprint density at radius 3 is 2.20 bits per heavy atom. The third kappa shape index (κ3) is 4.35. The van der Waals surface area contributed by atoms with E-state index in [4.69, 9.17) is 5.11 Å². The zero-order valence-electron chi connectivity index (χ0n) is 12.0. The number of aliphatic hydroxyl groups is 1. The van der Waals surface area contributed by atoms with Crippen LogP contribution in [0.15, 0.2) is 18.2 Å². The molecule has 3 N–H and O–H groups in total. The summed E-state index contributed by atoms with van der Waals surface area (Å²) >= 11 is 0. The number of hydrogen-bond donors (Lipinski definition) is 3. The molecule has 1 rings (SSSR count). The van der Waals surface area contributed by atoms with Crippen LogP contribution in [0.5, 0.6) is 0 Å². The fourth-order valence-electron chi connectivity index (χ4n) is 1.93. The Morgan fingerprint density at radius 2 is 1.70 bits per heavy atom. The van der Waals surface area contributed by atoms with Crippen LogP contribution in [-0.2, 0) is 22.4 Å². The zero-order chi connectivity index (χ0) is 15.0. The second kappa shape index (κ2) is 8.32. The molecule has 0 radical (unpaired) electrons. The van der Waals surface area contributed by atoms with E-state index >= 15 is 0 Å². The van der Waals surface area contributed by atoms with Crippen molar-refractivity contribution >= 4 is 17.5 Å². The number of hydrogen-bond acceptors (Lipinski definition) is 3. The van der Waals surface area contributed by atoms with E-state index in [0.717, 1.165) is 29.7 Å². The van der Waals surface area contributed by atoms with Crippen molar-refractivity contribution in [1.82, 2.24) is 5.32 Å². The molecule has 1 aromatic carbocycles. The summed E-state index contributed by atoms with van der Waals surface area (Å²) in [6.07, 6.45) is 2.01. The molecular weight excluding hydrogens is 256 g/mol. The number of amides is 2. The van der Waals surface area contributed by atoms with Gasteiger partial charge in [0, 0.05) is 18.8 Å². The summed E-state index contributed by atoms with van der Waals surface area (Å²) in [6, 6.07) is 5.84. The summed E-state index contributed by atoms with van der Waals surface area (Å²) in [4.78, 5) is 23.5. The van der Waals surface area contributed by atoms with E-state index in [9.17, 15) is 9.59 Å². The average Bonchev–Trinajstić information content (AvgIpc) is 2.47. The molecular formula is C15H22N2O3. The van der Waals surface area contributed by atoms with Crippen LogP contribution in [0, 0.1) is 0 Å². The Hall–Kier alpha value is -1.88. The van der Waals surface area contributed by atoms with Gasteiger partial charge in [0.1, 0.15) is 0 Å². The number of carbonyl (C=O) groups excluding carboxylic acids is 2. The van der Waals surface area contributed by atoms with Crippen molar-refractivity contribution in [2.24, 2.45) is 0 Å². The zero-order valence-corrected chi connectivity index (χ0v) is 12.0. The van der Waals surface area contributed by atoms with E-state index in [-0.39, 0.29) is 6.61 Å². The van der Waals surface area contributed by atoms with Gasteiger partial charge in [-0.1, -0.05) is 32.0 Å². The maximum Gasteiger partial charge on any atom is 0.313 e. The highest BCUT2D eigenvalue weighted by Crippen LogP contribution is 2.22. The maximum absolute atomic E-state index is 11.9. The lowest BCUT2D eigenvalue weighted by molar-refractivity contribution is -0.136. The van der Waals surface area contributed by atoms with E-state index < -0.39 is 11.8 Å². The molecule has 0 saturated heterocycles. The van der Waals surface area contributed by atoms with Crippen LogP contribution in [0.25, 0.3) is 0 Å². The Balaban J connectivity index is 2.77. The van der Waals surface area contributed by atoms with Crippen molar-refractivity contribution in [3.63, 3.8) is 0 Å². The summed E-state index contributed by atoms with van der Waals surface area (Å²) in [5, 5.41) is 13.8. The van der Waals surface area contributed by atoms with Crippen molar-refractivity contribution in [3.05, 3.63) is 29.3 Å². The lowest BCUT2D eigenvalue weighted by Gasteiger charge is -2.14. The van der Waals surface area contributed by atoms with Crippen LogP contribution >= 0.6 is 0 Å². The summed E-state index contributed by atoms with van der Waals surface area (Å²) < 4.78 is 0. The Morgan fingerprint density at radius 1 is 1.10 bits per heavy atom. The van der Waals surface area contributed by atoms with Gasteiger partial charge in [0.25, 0.3) is 0 Å². The molecule has 110 valence electrons. The first-order chi connectivity index (χ1) is 9.63. The van der Waals surface area contributed by atoms with Crippen LogP contribution in [0.4, 0.5) is 5.69 Å². The lowest BCUT2D eigenvalue weighted by atomic mass is 10.0. The number of aryl methyl sites for hydroxylation is 2. The van der Waals surface area contributed by atoms with E-state index in [2.05, 4.69) is 10.6 Å². The molecule has 1 aromatic rings. The first-order valence-corrected chi connectivity index (χ1v) is 6.94. The molecule has 0 bridgehead atoms. The SMILES string of the molecule is CCc1cccc(CC)c1NC(=O)C(=O)NCCCO. The van der Waals surface area contributed by atoms with E-state index in [0.29, 0.717) is 13.0 Å². The molecule has 0 fully saturated rings. The smallest absolute Gasteiger partial charge is 0.313 e. The summed E-state index contributed by atoms with van der Waals surface area (Å²) in [6.45, 7) is 4.29. The Labute approximate surface area is 119 Å². The van der Waals surface area contributed by atoms with Gasteiger partial charge in [-0.3, -0.25) is 9.59 Å². The van der Waals surface area contributed by atoms with Crippen molar-refractivity contribution in [2.45, 2.75) is 33.1 Å². The Kier molecular flexibility index (Phi) is 6.73. The molecule has 0 aromatic heterocycles. The second-order valence-corrected chi connectivity index (χ2v) is 4.45. The minimum absolute atomic E-state index is 0.0133. The van der Waals surface area contributed by atoms with Crippen LogP contribution in [0.3, 0.4) is 0 Å². The predicted molar refractivity (Wildman–Crippen MR) is 78.5 cm³/mol. The van der Waals surface area contributed by atoms with Crippen molar-refractivity contribution in [1.29, 1.82) is 0 Å². The number of benzene rings is 1. The average molecular weight is 278 g/mol. The normalized spacial score (nSPS) is 10.2. The molecule has 5 heteroatoms. The van der Waals surface area contributed by atoms with Gasteiger partial charge >= 0.3 is 11.8 Å². The summed E-state index contributed by atoms with van der Waals surface area (Å²) in [5.41, 5.74) is 2.77. The van der Waals surface area contributed by atoms with Gasteiger partial charge < -0.3 is 15.7 Å². The van der Waals surface area contributed by atoms with E-state index in [1.54, 1.807) is 0 Å². The lowest BCUT2D eigenvalue weighted by Crippen LogP contribution is -2.36. The monoisotopic (exact) mass is 278 g/mol. The van der Waals surface area contributed by atoms with Crippen molar-refractivity contribution in [2.75, 3.05) is 18.5 Å². The molecule has 0 aliphatic carbocycles. The number of rotatable bonds is 6. The molecule has 20 heavy (non-hydrogen) atoms. The fraction of sp³-hybridized carbons (Fsp3) is 0.467. The van der Waals surface area contributed by atoms with E-state index in [1.165, 1.54) is 0 Å².